The van der Waals surface area contributed by atoms with Crippen molar-refractivity contribution < 1.29 is 14.3 Å². The summed E-state index contributed by atoms with van der Waals surface area (Å²) in [5.74, 6) is -0.715. The molecule has 19 heavy (non-hydrogen) atoms. The number of hydrogen-bond acceptors (Lipinski definition) is 3. The van der Waals surface area contributed by atoms with Crippen LogP contribution in [0.4, 0.5) is 0 Å². The summed E-state index contributed by atoms with van der Waals surface area (Å²) in [5, 5.41) is 2.71. The molecule has 0 spiro atoms. The van der Waals surface area contributed by atoms with Crippen LogP contribution in [0.15, 0.2) is 18.2 Å². The van der Waals surface area contributed by atoms with Crippen LogP contribution in [0.2, 0.25) is 0 Å². The van der Waals surface area contributed by atoms with E-state index in [4.69, 9.17) is 4.74 Å². The van der Waals surface area contributed by atoms with E-state index in [0.717, 1.165) is 9.13 Å². The van der Waals surface area contributed by atoms with Gasteiger partial charge in [0, 0.05) is 9.13 Å². The molecule has 0 aliphatic carbocycles. The topological polar surface area (TPSA) is 55.4 Å². The number of carbonyl (C=O) groups is 2. The highest BCUT2D eigenvalue weighted by atomic mass is 127. The van der Waals surface area contributed by atoms with Gasteiger partial charge in [0.25, 0.3) is 5.91 Å². The zero-order valence-corrected chi connectivity index (χ0v) is 13.6. The van der Waals surface area contributed by atoms with E-state index in [-0.39, 0.29) is 11.8 Å². The van der Waals surface area contributed by atoms with Crippen LogP contribution in [0.25, 0.3) is 0 Å². The molecule has 104 valence electrons. The molecule has 1 N–H and O–H groups in total. The van der Waals surface area contributed by atoms with Crippen LogP contribution < -0.4 is 5.32 Å². The first kappa shape index (κ1) is 15.9. The van der Waals surface area contributed by atoms with E-state index in [1.807, 2.05) is 26.8 Å². The number of carbonyl (C=O) groups excluding carboxylic acids is 2. The van der Waals surface area contributed by atoms with Crippen molar-refractivity contribution in [2.75, 3.05) is 7.11 Å². The molecular weight excluding hydrogens is 357 g/mol. The van der Waals surface area contributed by atoms with Gasteiger partial charge in [0.1, 0.15) is 6.04 Å². The second-order valence-corrected chi connectivity index (χ2v) is 5.84. The third-order valence-electron chi connectivity index (χ3n) is 2.84. The number of rotatable bonds is 4. The zero-order chi connectivity index (χ0) is 14.6. The van der Waals surface area contributed by atoms with Gasteiger partial charge >= 0.3 is 5.97 Å². The molecule has 0 aromatic heterocycles. The Balaban J connectivity index is 2.87. The van der Waals surface area contributed by atoms with Gasteiger partial charge in [0.15, 0.2) is 0 Å². The first-order valence-corrected chi connectivity index (χ1v) is 7.09. The second-order valence-electron chi connectivity index (χ2n) is 4.68. The third kappa shape index (κ3) is 4.19. The first-order valence-electron chi connectivity index (χ1n) is 6.01. The van der Waals surface area contributed by atoms with Crippen molar-refractivity contribution in [2.24, 2.45) is 5.92 Å². The Hall–Kier alpha value is -1.11. The lowest BCUT2D eigenvalue weighted by atomic mass is 10.0. The van der Waals surface area contributed by atoms with E-state index < -0.39 is 12.0 Å². The molecule has 0 fully saturated rings. The summed E-state index contributed by atoms with van der Waals surface area (Å²) in [5.41, 5.74) is 1.66. The largest absolute Gasteiger partial charge is 0.467 e. The highest BCUT2D eigenvalue weighted by molar-refractivity contribution is 14.1. The van der Waals surface area contributed by atoms with Crippen LogP contribution >= 0.6 is 22.6 Å². The molecule has 0 aliphatic heterocycles. The molecule has 0 aliphatic rings. The Morgan fingerprint density at radius 2 is 1.95 bits per heavy atom. The van der Waals surface area contributed by atoms with Gasteiger partial charge in [0.2, 0.25) is 0 Å². The highest BCUT2D eigenvalue weighted by Gasteiger charge is 2.25. The van der Waals surface area contributed by atoms with Crippen LogP contribution in [0, 0.1) is 16.4 Å². The highest BCUT2D eigenvalue weighted by Crippen LogP contribution is 2.14. The predicted octanol–water partition coefficient (Wildman–Crippen LogP) is 2.53. The number of nitrogens with one attached hydrogen (secondary N) is 1. The standard InChI is InChI=1S/C14H18INO3/c1-8(2)12(14(18)19-4)16-13(17)10-6-5-9(3)11(15)7-10/h5-8,12H,1-4H3,(H,16,17)/t12-/m0/s1. The SMILES string of the molecule is COC(=O)[C@@H](NC(=O)c1ccc(C)c(I)c1)C(C)C. The fourth-order valence-electron chi connectivity index (χ4n) is 1.58. The molecule has 0 unspecified atom stereocenters. The van der Waals surface area contributed by atoms with Gasteiger partial charge in [-0.3, -0.25) is 4.79 Å². The Labute approximate surface area is 127 Å². The van der Waals surface area contributed by atoms with Crippen LogP contribution in [0.5, 0.6) is 0 Å². The summed E-state index contributed by atoms with van der Waals surface area (Å²) in [6.07, 6.45) is 0. The summed E-state index contributed by atoms with van der Waals surface area (Å²) >= 11 is 2.18. The van der Waals surface area contributed by atoms with Crippen molar-refractivity contribution >= 4 is 34.5 Å². The Morgan fingerprint density at radius 1 is 1.32 bits per heavy atom. The molecule has 4 nitrogen and oxygen atoms in total. The fraction of sp³-hybridized carbons (Fsp3) is 0.429. The van der Waals surface area contributed by atoms with Gasteiger partial charge in [0.05, 0.1) is 7.11 Å². The number of aryl methyl sites for hydroxylation is 1. The van der Waals surface area contributed by atoms with E-state index in [2.05, 4.69) is 27.9 Å². The molecule has 0 radical (unpaired) electrons. The maximum atomic E-state index is 12.1. The Bertz CT molecular complexity index is 486. The van der Waals surface area contributed by atoms with Crippen molar-refractivity contribution in [3.63, 3.8) is 0 Å². The molecule has 0 heterocycles. The van der Waals surface area contributed by atoms with Crippen LogP contribution in [-0.4, -0.2) is 25.0 Å². The number of amides is 1. The van der Waals surface area contributed by atoms with Crippen molar-refractivity contribution in [1.82, 2.24) is 5.32 Å². The first-order chi connectivity index (χ1) is 8.86. The maximum absolute atomic E-state index is 12.1. The lowest BCUT2D eigenvalue weighted by molar-refractivity contribution is -0.144. The van der Waals surface area contributed by atoms with E-state index in [0.29, 0.717) is 5.56 Å². The number of methoxy groups -OCH3 is 1. The molecule has 1 amide bonds. The molecule has 0 saturated heterocycles. The third-order valence-corrected chi connectivity index (χ3v) is 4.00. The van der Waals surface area contributed by atoms with Gasteiger partial charge in [-0.25, -0.2) is 4.79 Å². The average molecular weight is 375 g/mol. The second kappa shape index (κ2) is 6.88. The van der Waals surface area contributed by atoms with Crippen LogP contribution in [-0.2, 0) is 9.53 Å². The Morgan fingerprint density at radius 3 is 2.42 bits per heavy atom. The van der Waals surface area contributed by atoms with Crippen molar-refractivity contribution in [1.29, 1.82) is 0 Å². The number of halogens is 1. The predicted molar refractivity (Wildman–Crippen MR) is 82.0 cm³/mol. The van der Waals surface area contributed by atoms with Gasteiger partial charge in [-0.1, -0.05) is 19.9 Å². The van der Waals surface area contributed by atoms with Gasteiger partial charge in [-0.05, 0) is 53.1 Å². The summed E-state index contributed by atoms with van der Waals surface area (Å²) < 4.78 is 5.72. The van der Waals surface area contributed by atoms with Crippen LogP contribution in [0.3, 0.4) is 0 Å². The molecule has 0 saturated carbocycles. The molecular formula is C14H18INO3. The molecule has 5 heteroatoms. The number of ether oxygens (including phenoxy) is 1. The van der Waals surface area contributed by atoms with E-state index in [9.17, 15) is 9.59 Å². The lowest BCUT2D eigenvalue weighted by Gasteiger charge is -2.19. The molecule has 1 aromatic rings. The molecule has 1 aromatic carbocycles. The quantitative estimate of drug-likeness (QED) is 0.650. The van der Waals surface area contributed by atoms with Crippen LogP contribution in [0.1, 0.15) is 29.8 Å². The molecule has 0 bridgehead atoms. The van der Waals surface area contributed by atoms with E-state index in [1.165, 1.54) is 7.11 Å². The van der Waals surface area contributed by atoms with Crippen molar-refractivity contribution in [2.45, 2.75) is 26.8 Å². The zero-order valence-electron chi connectivity index (χ0n) is 11.5. The van der Waals surface area contributed by atoms with Gasteiger partial charge in [-0.2, -0.15) is 0 Å². The summed E-state index contributed by atoms with van der Waals surface area (Å²) in [4.78, 5) is 23.7. The fourth-order valence-corrected chi connectivity index (χ4v) is 2.10. The minimum atomic E-state index is -0.628. The van der Waals surface area contributed by atoms with E-state index >= 15 is 0 Å². The number of benzene rings is 1. The van der Waals surface area contributed by atoms with Crippen molar-refractivity contribution in [3.8, 4) is 0 Å². The Kier molecular flexibility index (Phi) is 5.78. The summed E-state index contributed by atoms with van der Waals surface area (Å²) in [6.45, 7) is 5.70. The van der Waals surface area contributed by atoms with Gasteiger partial charge in [-0.15, -0.1) is 0 Å². The van der Waals surface area contributed by atoms with E-state index in [1.54, 1.807) is 12.1 Å². The normalized spacial score (nSPS) is 12.1. The number of hydrogen-bond donors (Lipinski definition) is 1. The summed E-state index contributed by atoms with van der Waals surface area (Å²) in [7, 11) is 1.32. The molecule has 1 atom stereocenters. The maximum Gasteiger partial charge on any atom is 0.328 e. The van der Waals surface area contributed by atoms with Gasteiger partial charge < -0.3 is 10.1 Å². The monoisotopic (exact) mass is 375 g/mol. The lowest BCUT2D eigenvalue weighted by Crippen LogP contribution is -2.45. The minimum Gasteiger partial charge on any atom is -0.467 e. The molecule has 1 rings (SSSR count). The minimum absolute atomic E-state index is 0.0269. The number of esters is 1. The smallest absolute Gasteiger partial charge is 0.328 e. The summed E-state index contributed by atoms with van der Waals surface area (Å²) in [6, 6.07) is 4.82. The average Bonchev–Trinajstić information content (AvgIpc) is 2.37. The van der Waals surface area contributed by atoms with Crippen molar-refractivity contribution in [3.05, 3.63) is 32.9 Å².